The number of nitrogens with one attached hydrogen (secondary N) is 1. The van der Waals surface area contributed by atoms with Crippen LogP contribution in [0, 0.1) is 21.7 Å². The zero-order valence-corrected chi connectivity index (χ0v) is 11.7. The van der Waals surface area contributed by atoms with Crippen LogP contribution < -0.4 is 5.32 Å². The van der Waals surface area contributed by atoms with E-state index in [0.717, 1.165) is 18.2 Å². The van der Waals surface area contributed by atoms with E-state index in [-0.39, 0.29) is 17.8 Å². The molecule has 0 aliphatic rings. The van der Waals surface area contributed by atoms with E-state index in [1.54, 1.807) is 6.07 Å². The number of anilines is 1. The summed E-state index contributed by atoms with van der Waals surface area (Å²) < 4.78 is 26.8. The minimum atomic E-state index is -0.585. The Kier molecular flexibility index (Phi) is 4.29. The molecule has 104 valence electrons. The minimum Gasteiger partial charge on any atom is -0.381 e. The van der Waals surface area contributed by atoms with Crippen LogP contribution in [0.15, 0.2) is 40.9 Å². The van der Waals surface area contributed by atoms with Crippen LogP contribution in [0.1, 0.15) is 5.56 Å². The lowest BCUT2D eigenvalue weighted by Gasteiger charge is -2.08. The van der Waals surface area contributed by atoms with Gasteiger partial charge in [-0.3, -0.25) is 10.1 Å². The smallest absolute Gasteiger partial charge is 0.274 e. The highest BCUT2D eigenvalue weighted by atomic mass is 79.9. The number of hydrogen-bond donors (Lipinski definition) is 1. The lowest BCUT2D eigenvalue weighted by Crippen LogP contribution is -2.04. The van der Waals surface area contributed by atoms with Crippen LogP contribution in [0.25, 0.3) is 0 Å². The topological polar surface area (TPSA) is 55.2 Å². The van der Waals surface area contributed by atoms with Crippen molar-refractivity contribution in [2.24, 2.45) is 0 Å². The van der Waals surface area contributed by atoms with Crippen molar-refractivity contribution in [2.75, 3.05) is 5.32 Å². The highest BCUT2D eigenvalue weighted by Gasteiger charge is 2.14. The lowest BCUT2D eigenvalue weighted by molar-refractivity contribution is -0.385. The molecule has 0 amide bonds. The van der Waals surface area contributed by atoms with Gasteiger partial charge in [-0.05, 0) is 46.3 Å². The van der Waals surface area contributed by atoms with E-state index in [4.69, 9.17) is 0 Å². The molecule has 0 fully saturated rings. The SMILES string of the molecule is O=[N+]([O-])c1ccc(F)cc1CNc1ccc(Br)c(F)c1. The van der Waals surface area contributed by atoms with Gasteiger partial charge in [-0.2, -0.15) is 0 Å². The van der Waals surface area contributed by atoms with Crippen molar-refractivity contribution in [3.05, 3.63) is 68.2 Å². The summed E-state index contributed by atoms with van der Waals surface area (Å²) in [6, 6.07) is 7.58. The predicted molar refractivity (Wildman–Crippen MR) is 74.5 cm³/mol. The van der Waals surface area contributed by atoms with Gasteiger partial charge >= 0.3 is 0 Å². The molecule has 2 rings (SSSR count). The van der Waals surface area contributed by atoms with Crippen molar-refractivity contribution in [1.29, 1.82) is 0 Å². The van der Waals surface area contributed by atoms with E-state index in [1.165, 1.54) is 12.1 Å². The predicted octanol–water partition coefficient (Wildman–Crippen LogP) is 4.25. The summed E-state index contributed by atoms with van der Waals surface area (Å²) in [6.07, 6.45) is 0. The number of hydrogen-bond acceptors (Lipinski definition) is 3. The summed E-state index contributed by atoms with van der Waals surface area (Å²) in [7, 11) is 0. The van der Waals surface area contributed by atoms with Crippen molar-refractivity contribution < 1.29 is 13.7 Å². The molecular formula is C13H9BrF2N2O2. The Balaban J connectivity index is 2.20. The monoisotopic (exact) mass is 342 g/mol. The molecule has 0 aliphatic carbocycles. The quantitative estimate of drug-likeness (QED) is 0.667. The molecule has 0 saturated heterocycles. The molecule has 0 bridgehead atoms. The van der Waals surface area contributed by atoms with Crippen molar-refractivity contribution in [2.45, 2.75) is 6.54 Å². The van der Waals surface area contributed by atoms with Crippen LogP contribution in [0.3, 0.4) is 0 Å². The fourth-order valence-electron chi connectivity index (χ4n) is 1.68. The van der Waals surface area contributed by atoms with Gasteiger partial charge in [0.15, 0.2) is 0 Å². The Bertz CT molecular complexity index is 665. The van der Waals surface area contributed by atoms with Crippen molar-refractivity contribution in [3.8, 4) is 0 Å². The molecule has 2 aromatic carbocycles. The van der Waals surface area contributed by atoms with E-state index in [0.29, 0.717) is 10.2 Å². The zero-order valence-electron chi connectivity index (χ0n) is 10.1. The summed E-state index contributed by atoms with van der Waals surface area (Å²) >= 11 is 3.02. The van der Waals surface area contributed by atoms with Gasteiger partial charge in [0.2, 0.25) is 0 Å². The second kappa shape index (κ2) is 5.96. The number of nitro benzene ring substituents is 1. The number of nitro groups is 1. The summed E-state index contributed by atoms with van der Waals surface area (Å²) in [5.74, 6) is -1.02. The van der Waals surface area contributed by atoms with Crippen LogP contribution in [0.2, 0.25) is 0 Å². The Morgan fingerprint density at radius 2 is 1.95 bits per heavy atom. The van der Waals surface area contributed by atoms with Gasteiger partial charge in [0, 0.05) is 18.3 Å². The third-order valence-corrected chi connectivity index (χ3v) is 3.28. The molecule has 0 radical (unpaired) electrons. The molecule has 7 heteroatoms. The normalized spacial score (nSPS) is 10.3. The van der Waals surface area contributed by atoms with Crippen LogP contribution in [-0.4, -0.2) is 4.92 Å². The average Bonchev–Trinajstić information content (AvgIpc) is 2.40. The van der Waals surface area contributed by atoms with E-state index in [2.05, 4.69) is 21.2 Å². The second-order valence-electron chi connectivity index (χ2n) is 4.01. The fourth-order valence-corrected chi connectivity index (χ4v) is 1.92. The van der Waals surface area contributed by atoms with E-state index < -0.39 is 16.6 Å². The first kappa shape index (κ1) is 14.4. The number of halogens is 3. The van der Waals surface area contributed by atoms with E-state index in [9.17, 15) is 18.9 Å². The largest absolute Gasteiger partial charge is 0.381 e. The van der Waals surface area contributed by atoms with Gasteiger partial charge in [-0.1, -0.05) is 0 Å². The summed E-state index contributed by atoms with van der Waals surface area (Å²) in [5, 5.41) is 13.7. The van der Waals surface area contributed by atoms with E-state index in [1.807, 2.05) is 0 Å². The maximum absolute atomic E-state index is 13.3. The minimum absolute atomic E-state index is 0.0230. The highest BCUT2D eigenvalue weighted by molar-refractivity contribution is 9.10. The Labute approximate surface area is 121 Å². The fraction of sp³-hybridized carbons (Fsp3) is 0.0769. The van der Waals surface area contributed by atoms with Crippen LogP contribution in [0.5, 0.6) is 0 Å². The standard InChI is InChI=1S/C13H9BrF2N2O2/c14-11-3-2-10(6-12(11)16)17-7-8-5-9(15)1-4-13(8)18(19)20/h1-6,17H,7H2. The molecule has 0 atom stereocenters. The molecule has 0 unspecified atom stereocenters. The molecule has 2 aromatic rings. The molecule has 0 aliphatic heterocycles. The van der Waals surface area contributed by atoms with Crippen LogP contribution >= 0.6 is 15.9 Å². The van der Waals surface area contributed by atoms with Gasteiger partial charge in [-0.15, -0.1) is 0 Å². The first-order chi connectivity index (χ1) is 9.47. The molecule has 1 N–H and O–H groups in total. The Morgan fingerprint density at radius 1 is 1.20 bits per heavy atom. The zero-order chi connectivity index (χ0) is 14.7. The Morgan fingerprint density at radius 3 is 2.60 bits per heavy atom. The first-order valence-electron chi connectivity index (χ1n) is 5.59. The molecule has 20 heavy (non-hydrogen) atoms. The Hall–Kier alpha value is -2.02. The third kappa shape index (κ3) is 3.30. The molecular weight excluding hydrogens is 334 g/mol. The van der Waals surface area contributed by atoms with E-state index >= 15 is 0 Å². The number of benzene rings is 2. The maximum Gasteiger partial charge on any atom is 0.274 e. The molecule has 0 aromatic heterocycles. The van der Waals surface area contributed by atoms with Crippen molar-refractivity contribution in [3.63, 3.8) is 0 Å². The molecule has 0 saturated carbocycles. The average molecular weight is 343 g/mol. The van der Waals surface area contributed by atoms with Crippen LogP contribution in [0.4, 0.5) is 20.2 Å². The van der Waals surface area contributed by atoms with Gasteiger partial charge in [-0.25, -0.2) is 8.78 Å². The van der Waals surface area contributed by atoms with Crippen molar-refractivity contribution in [1.82, 2.24) is 0 Å². The van der Waals surface area contributed by atoms with Gasteiger partial charge in [0.1, 0.15) is 11.6 Å². The van der Waals surface area contributed by atoms with Gasteiger partial charge < -0.3 is 5.32 Å². The van der Waals surface area contributed by atoms with Gasteiger partial charge in [0.05, 0.1) is 15.0 Å². The summed E-state index contributed by atoms with van der Waals surface area (Å²) in [6.45, 7) is 0.0230. The summed E-state index contributed by atoms with van der Waals surface area (Å²) in [4.78, 5) is 10.2. The first-order valence-corrected chi connectivity index (χ1v) is 6.38. The van der Waals surface area contributed by atoms with Gasteiger partial charge in [0.25, 0.3) is 5.69 Å². The third-order valence-electron chi connectivity index (χ3n) is 2.64. The number of nitrogens with zero attached hydrogens (tertiary/aromatic N) is 1. The highest BCUT2D eigenvalue weighted by Crippen LogP contribution is 2.23. The maximum atomic E-state index is 13.3. The second-order valence-corrected chi connectivity index (χ2v) is 4.87. The summed E-state index contributed by atoms with van der Waals surface area (Å²) in [5.41, 5.74) is 0.457. The molecule has 0 spiro atoms. The van der Waals surface area contributed by atoms with Crippen molar-refractivity contribution >= 4 is 27.3 Å². The lowest BCUT2D eigenvalue weighted by atomic mass is 10.1. The van der Waals surface area contributed by atoms with Crippen LogP contribution in [-0.2, 0) is 6.54 Å². The molecule has 0 heterocycles. The number of rotatable bonds is 4. The molecule has 4 nitrogen and oxygen atoms in total.